The van der Waals surface area contributed by atoms with Crippen LogP contribution < -0.4 is 9.46 Å². The van der Waals surface area contributed by atoms with Gasteiger partial charge in [-0.15, -0.1) is 0 Å². The first-order valence-corrected chi connectivity index (χ1v) is 11.7. The van der Waals surface area contributed by atoms with Crippen LogP contribution in [-0.2, 0) is 15.9 Å². The molecule has 1 atom stereocenters. The molecule has 166 valence electrons. The molecule has 0 aliphatic heterocycles. The number of hydrogen-bond donors (Lipinski definition) is 1. The second-order valence-corrected chi connectivity index (χ2v) is 9.02. The summed E-state index contributed by atoms with van der Waals surface area (Å²) in [5, 5.41) is 5.25. The number of rotatable bonds is 7. The van der Waals surface area contributed by atoms with Crippen molar-refractivity contribution >= 4 is 33.6 Å². The summed E-state index contributed by atoms with van der Waals surface area (Å²) in [7, 11) is 0. The Kier molecular flexibility index (Phi) is 5.22. The van der Waals surface area contributed by atoms with Crippen LogP contribution in [0.3, 0.4) is 0 Å². The van der Waals surface area contributed by atoms with Crippen molar-refractivity contribution in [3.8, 4) is 11.5 Å². The van der Waals surface area contributed by atoms with Crippen molar-refractivity contribution in [2.24, 2.45) is 0 Å². The average molecular weight is 453 g/mol. The van der Waals surface area contributed by atoms with Gasteiger partial charge in [0.05, 0.1) is 23.9 Å². The van der Waals surface area contributed by atoms with Crippen LogP contribution in [0.1, 0.15) is 41.4 Å². The highest BCUT2D eigenvalue weighted by molar-refractivity contribution is 7.81. The number of carbonyl (C=O) groups is 1. The van der Waals surface area contributed by atoms with Gasteiger partial charge in [-0.3, -0.25) is 3.97 Å². The molecule has 8 nitrogen and oxygen atoms in total. The number of nitrogens with one attached hydrogen (secondary N) is 1. The van der Waals surface area contributed by atoms with Gasteiger partial charge < -0.3 is 9.47 Å². The molecule has 0 radical (unpaired) electrons. The van der Waals surface area contributed by atoms with Crippen LogP contribution in [0.15, 0.2) is 42.7 Å². The van der Waals surface area contributed by atoms with Gasteiger partial charge in [0.25, 0.3) is 0 Å². The fourth-order valence-corrected chi connectivity index (χ4v) is 5.12. The highest BCUT2D eigenvalue weighted by Crippen LogP contribution is 2.33. The first-order valence-electron chi connectivity index (χ1n) is 10.6. The van der Waals surface area contributed by atoms with Crippen molar-refractivity contribution in [3.63, 3.8) is 0 Å². The normalized spacial score (nSPS) is 14.7. The van der Waals surface area contributed by atoms with Crippen LogP contribution in [0, 0.1) is 13.8 Å². The van der Waals surface area contributed by atoms with Crippen LogP contribution in [0.5, 0.6) is 11.5 Å². The quantitative estimate of drug-likeness (QED) is 0.428. The number of fused-ring (bicyclic) bond motifs is 2. The smallest absolute Gasteiger partial charge is 0.340 e. The first-order chi connectivity index (χ1) is 15.5. The van der Waals surface area contributed by atoms with Crippen molar-refractivity contribution < 1.29 is 18.5 Å². The van der Waals surface area contributed by atoms with Gasteiger partial charge in [-0.2, -0.15) is 5.10 Å². The van der Waals surface area contributed by atoms with Crippen molar-refractivity contribution in [2.75, 3.05) is 6.61 Å². The fourth-order valence-electron chi connectivity index (χ4n) is 3.83. The van der Waals surface area contributed by atoms with E-state index < -0.39 is 11.2 Å². The lowest BCUT2D eigenvalue weighted by atomic mass is 10.2. The van der Waals surface area contributed by atoms with Crippen molar-refractivity contribution in [1.82, 2.24) is 18.3 Å². The Morgan fingerprint density at radius 3 is 2.81 bits per heavy atom. The van der Waals surface area contributed by atoms with E-state index in [0.717, 1.165) is 35.0 Å². The minimum Gasteiger partial charge on any atom is -0.462 e. The third-order valence-corrected chi connectivity index (χ3v) is 6.88. The Hall–Kier alpha value is -3.17. The Balaban J connectivity index is 1.49. The lowest BCUT2D eigenvalue weighted by molar-refractivity contribution is 0.0525. The molecule has 1 aliphatic rings. The molecule has 1 aromatic carbocycles. The summed E-state index contributed by atoms with van der Waals surface area (Å²) in [5.74, 6) is 0.844. The molecule has 1 saturated carbocycles. The molecule has 4 aromatic rings. The van der Waals surface area contributed by atoms with Crippen molar-refractivity contribution in [2.45, 2.75) is 39.7 Å². The molecule has 0 bridgehead atoms. The highest BCUT2D eigenvalue weighted by Gasteiger charge is 2.25. The molecular weight excluding hydrogens is 428 g/mol. The van der Waals surface area contributed by atoms with Crippen LogP contribution in [-0.4, -0.2) is 36.4 Å². The molecular formula is C23H24N4O4S. The molecule has 9 heteroatoms. The average Bonchev–Trinajstić information content (AvgIpc) is 3.41. The Labute approximate surface area is 187 Å². The number of carbonyl (C=O) groups excluding carboxylic acids is 1. The molecule has 1 fully saturated rings. The number of hydrogen-bond acceptors (Lipinski definition) is 5. The third kappa shape index (κ3) is 3.67. The Morgan fingerprint density at radius 1 is 1.25 bits per heavy atom. The number of esters is 1. The van der Waals surface area contributed by atoms with Gasteiger partial charge in [-0.1, -0.05) is 0 Å². The Bertz CT molecular complexity index is 1370. The number of nitrogens with zero attached hydrogens (tertiary/aromatic N) is 3. The van der Waals surface area contributed by atoms with E-state index in [2.05, 4.69) is 9.82 Å². The summed E-state index contributed by atoms with van der Waals surface area (Å²) in [5.41, 5.74) is 3.71. The summed E-state index contributed by atoms with van der Waals surface area (Å²) in [6.07, 6.45) is 5.42. The van der Waals surface area contributed by atoms with Gasteiger partial charge in [0, 0.05) is 29.4 Å². The first kappa shape index (κ1) is 20.7. The van der Waals surface area contributed by atoms with Gasteiger partial charge in [0.2, 0.25) is 11.2 Å². The minimum atomic E-state index is -1.31. The van der Waals surface area contributed by atoms with Gasteiger partial charge in [0.15, 0.2) is 5.75 Å². The monoisotopic (exact) mass is 452 g/mol. The molecule has 5 rings (SSSR count). The molecule has 0 saturated heterocycles. The van der Waals surface area contributed by atoms with Gasteiger partial charge in [-0.25, -0.2) is 18.2 Å². The maximum atomic E-state index is 12.7. The second kappa shape index (κ2) is 8.07. The van der Waals surface area contributed by atoms with Crippen LogP contribution >= 0.6 is 0 Å². The lowest BCUT2D eigenvalue weighted by Gasteiger charge is -2.10. The summed E-state index contributed by atoms with van der Waals surface area (Å²) >= 11 is -1.31. The predicted molar refractivity (Wildman–Crippen MR) is 122 cm³/mol. The van der Waals surface area contributed by atoms with Gasteiger partial charge >= 0.3 is 5.97 Å². The van der Waals surface area contributed by atoms with E-state index in [-0.39, 0.29) is 5.97 Å². The summed E-state index contributed by atoms with van der Waals surface area (Å²) in [6, 6.07) is 9.81. The van der Waals surface area contributed by atoms with Crippen LogP contribution in [0.2, 0.25) is 0 Å². The van der Waals surface area contributed by atoms with E-state index in [1.807, 2.05) is 42.1 Å². The molecule has 3 heterocycles. The zero-order chi connectivity index (χ0) is 22.4. The molecule has 1 unspecified atom stereocenters. The number of aromatic nitrogens is 3. The number of benzene rings is 1. The molecule has 0 amide bonds. The molecule has 3 aromatic heterocycles. The van der Waals surface area contributed by atoms with E-state index in [9.17, 15) is 9.00 Å². The summed E-state index contributed by atoms with van der Waals surface area (Å²) in [4.78, 5) is 12.3. The zero-order valence-corrected chi connectivity index (χ0v) is 18.9. The zero-order valence-electron chi connectivity index (χ0n) is 18.1. The largest absolute Gasteiger partial charge is 0.462 e. The van der Waals surface area contributed by atoms with Gasteiger partial charge in [-0.05, 0) is 63.4 Å². The van der Waals surface area contributed by atoms with E-state index >= 15 is 0 Å². The molecule has 1 aliphatic carbocycles. The minimum absolute atomic E-state index is 0.307. The van der Waals surface area contributed by atoms with E-state index in [0.29, 0.717) is 35.2 Å². The maximum absolute atomic E-state index is 12.7. The fraction of sp³-hybridized carbons (Fsp3) is 0.304. The van der Waals surface area contributed by atoms with Gasteiger partial charge in [0.1, 0.15) is 11.3 Å². The lowest BCUT2D eigenvalue weighted by Crippen LogP contribution is -2.25. The number of ether oxygens (including phenoxy) is 2. The van der Waals surface area contributed by atoms with E-state index in [4.69, 9.17) is 9.47 Å². The molecule has 1 N–H and O–H groups in total. The predicted octanol–water partition coefficient (Wildman–Crippen LogP) is 4.05. The van der Waals surface area contributed by atoms with E-state index in [1.165, 1.54) is 0 Å². The highest BCUT2D eigenvalue weighted by atomic mass is 32.2. The van der Waals surface area contributed by atoms with Crippen molar-refractivity contribution in [1.29, 1.82) is 0 Å². The Morgan fingerprint density at radius 2 is 2.06 bits per heavy atom. The third-order valence-electron chi connectivity index (χ3n) is 5.53. The van der Waals surface area contributed by atoms with Crippen molar-refractivity contribution in [3.05, 3.63) is 59.5 Å². The topological polar surface area (TPSA) is 86.9 Å². The summed E-state index contributed by atoms with van der Waals surface area (Å²) in [6.45, 7) is 5.88. The standard InChI is InChI=1S/C23H24N4O4S/c1-4-30-23(28)19-13-26-22(15(19)3)21(9-10-24-26)31-18-7-8-20-16(12-18)11-14(2)27(20)32(29)25-17-5-6-17/h7-13,17,25H,4-6H2,1-3H3. The maximum Gasteiger partial charge on any atom is 0.340 e. The van der Waals surface area contributed by atoms with E-state index in [1.54, 1.807) is 29.9 Å². The van der Waals surface area contributed by atoms with Crippen LogP contribution in [0.25, 0.3) is 16.4 Å². The second-order valence-electron chi connectivity index (χ2n) is 7.92. The molecule has 0 spiro atoms. The SMILES string of the molecule is CCOC(=O)c1cn2nccc(Oc3ccc4c(c3)cc(C)n4S(=O)NC3CC3)c2c1C. The number of aryl methyl sites for hydroxylation is 2. The molecule has 32 heavy (non-hydrogen) atoms. The summed E-state index contributed by atoms with van der Waals surface area (Å²) < 4.78 is 30.7. The van der Waals surface area contributed by atoms with Crippen LogP contribution in [0.4, 0.5) is 0 Å².